The van der Waals surface area contributed by atoms with Gasteiger partial charge < -0.3 is 10.0 Å². The topological polar surface area (TPSA) is 40.5 Å². The molecule has 0 spiro atoms. The molecule has 1 N–H and O–H groups in total. The highest BCUT2D eigenvalue weighted by molar-refractivity contribution is 9.10. The largest absolute Gasteiger partial charge is 0.503 e. The van der Waals surface area contributed by atoms with Crippen LogP contribution in [0.15, 0.2) is 89.1 Å². The standard InChI is InChI=1S/C23H17BrFNO2/c24-19-9-5-4-8-18(19)21-20(16-6-2-1-3-7-16)22(27)23(28)26(21)14-15-10-12-17(25)13-11-15/h1-13,21,27H,14H2/t21-/m1/s1. The van der Waals surface area contributed by atoms with E-state index in [9.17, 15) is 14.3 Å². The molecular formula is C23H17BrFNO2. The second kappa shape index (κ2) is 7.60. The second-order valence-electron chi connectivity index (χ2n) is 6.61. The maximum atomic E-state index is 13.3. The van der Waals surface area contributed by atoms with Gasteiger partial charge in [-0.1, -0.05) is 76.6 Å². The van der Waals surface area contributed by atoms with Crippen LogP contribution < -0.4 is 0 Å². The Hall–Kier alpha value is -2.92. The Morgan fingerprint density at radius 3 is 2.25 bits per heavy atom. The molecule has 4 rings (SSSR count). The van der Waals surface area contributed by atoms with Gasteiger partial charge in [-0.3, -0.25) is 4.79 Å². The van der Waals surface area contributed by atoms with Crippen molar-refractivity contribution in [2.24, 2.45) is 0 Å². The first-order valence-corrected chi connectivity index (χ1v) is 9.64. The second-order valence-corrected chi connectivity index (χ2v) is 7.47. The molecule has 0 saturated heterocycles. The van der Waals surface area contributed by atoms with Crippen LogP contribution in [0, 0.1) is 5.82 Å². The van der Waals surface area contributed by atoms with Crippen molar-refractivity contribution < 1.29 is 14.3 Å². The van der Waals surface area contributed by atoms with Gasteiger partial charge >= 0.3 is 0 Å². The van der Waals surface area contributed by atoms with Crippen molar-refractivity contribution >= 4 is 27.4 Å². The molecule has 0 bridgehead atoms. The van der Waals surface area contributed by atoms with Gasteiger partial charge in [0.2, 0.25) is 0 Å². The Morgan fingerprint density at radius 1 is 0.929 bits per heavy atom. The monoisotopic (exact) mass is 437 g/mol. The van der Waals surface area contributed by atoms with E-state index in [1.165, 1.54) is 12.1 Å². The van der Waals surface area contributed by atoms with Crippen LogP contribution in [0.2, 0.25) is 0 Å². The lowest BCUT2D eigenvalue weighted by atomic mass is 9.93. The van der Waals surface area contributed by atoms with Crippen LogP contribution in [0.25, 0.3) is 5.57 Å². The zero-order valence-corrected chi connectivity index (χ0v) is 16.4. The fourth-order valence-electron chi connectivity index (χ4n) is 3.54. The maximum Gasteiger partial charge on any atom is 0.290 e. The number of aliphatic hydroxyl groups is 1. The van der Waals surface area contributed by atoms with E-state index in [-0.39, 0.29) is 18.1 Å². The molecule has 0 saturated carbocycles. The highest BCUT2D eigenvalue weighted by Crippen LogP contribution is 2.45. The van der Waals surface area contributed by atoms with Crippen molar-refractivity contribution in [3.05, 3.63) is 112 Å². The quantitative estimate of drug-likeness (QED) is 0.573. The molecule has 0 aromatic heterocycles. The molecule has 140 valence electrons. The number of amides is 1. The minimum atomic E-state index is -0.462. The minimum Gasteiger partial charge on any atom is -0.503 e. The molecule has 0 radical (unpaired) electrons. The number of carbonyl (C=O) groups is 1. The Morgan fingerprint density at radius 2 is 1.57 bits per heavy atom. The molecule has 0 fully saturated rings. The summed E-state index contributed by atoms with van der Waals surface area (Å²) in [5, 5.41) is 10.7. The molecule has 3 aromatic rings. The fraction of sp³-hybridized carbons (Fsp3) is 0.0870. The van der Waals surface area contributed by atoms with Gasteiger partial charge in [-0.05, 0) is 34.9 Å². The van der Waals surface area contributed by atoms with Crippen molar-refractivity contribution in [3.63, 3.8) is 0 Å². The van der Waals surface area contributed by atoms with E-state index >= 15 is 0 Å². The Kier molecular flexibility index (Phi) is 5.01. The highest BCUT2D eigenvalue weighted by atomic mass is 79.9. The molecule has 3 nitrogen and oxygen atoms in total. The van der Waals surface area contributed by atoms with E-state index in [1.807, 2.05) is 54.6 Å². The number of nitrogens with zero attached hydrogens (tertiary/aromatic N) is 1. The van der Waals surface area contributed by atoms with Crippen LogP contribution in [0.4, 0.5) is 4.39 Å². The summed E-state index contributed by atoms with van der Waals surface area (Å²) in [7, 11) is 0. The molecule has 1 atom stereocenters. The molecule has 1 amide bonds. The zero-order valence-electron chi connectivity index (χ0n) is 14.8. The molecule has 0 aliphatic carbocycles. The van der Waals surface area contributed by atoms with Gasteiger partial charge in [-0.25, -0.2) is 4.39 Å². The van der Waals surface area contributed by atoms with Gasteiger partial charge in [-0.2, -0.15) is 0 Å². The third kappa shape index (κ3) is 3.34. The molecule has 0 unspecified atom stereocenters. The van der Waals surface area contributed by atoms with E-state index in [1.54, 1.807) is 17.0 Å². The van der Waals surface area contributed by atoms with Gasteiger partial charge in [0.1, 0.15) is 5.82 Å². The molecule has 1 aliphatic rings. The highest BCUT2D eigenvalue weighted by Gasteiger charge is 2.41. The summed E-state index contributed by atoms with van der Waals surface area (Å²) in [6.07, 6.45) is 0. The first kappa shape index (κ1) is 18.4. The number of benzene rings is 3. The van der Waals surface area contributed by atoms with Crippen LogP contribution in [0.1, 0.15) is 22.7 Å². The zero-order chi connectivity index (χ0) is 19.7. The van der Waals surface area contributed by atoms with Gasteiger partial charge in [0.15, 0.2) is 5.76 Å². The van der Waals surface area contributed by atoms with Crippen molar-refractivity contribution in [3.8, 4) is 0 Å². The number of hydrogen-bond acceptors (Lipinski definition) is 2. The van der Waals surface area contributed by atoms with Crippen LogP contribution in [0.3, 0.4) is 0 Å². The number of halogens is 2. The lowest BCUT2D eigenvalue weighted by Crippen LogP contribution is -2.30. The normalized spacial score (nSPS) is 16.7. The summed E-state index contributed by atoms with van der Waals surface area (Å²) in [5.41, 5.74) is 3.02. The predicted molar refractivity (Wildman–Crippen MR) is 110 cm³/mol. The van der Waals surface area contributed by atoms with Gasteiger partial charge in [0.25, 0.3) is 5.91 Å². The average Bonchev–Trinajstić information content (AvgIpc) is 2.95. The molecule has 1 aliphatic heterocycles. The van der Waals surface area contributed by atoms with E-state index in [2.05, 4.69) is 15.9 Å². The predicted octanol–water partition coefficient (Wildman–Crippen LogP) is 5.64. The summed E-state index contributed by atoms with van der Waals surface area (Å²) in [4.78, 5) is 14.6. The number of carbonyl (C=O) groups excluding carboxylic acids is 1. The van der Waals surface area contributed by atoms with Crippen molar-refractivity contribution in [2.75, 3.05) is 0 Å². The third-order valence-electron chi connectivity index (χ3n) is 4.85. The first-order valence-electron chi connectivity index (χ1n) is 8.84. The van der Waals surface area contributed by atoms with Gasteiger partial charge in [0.05, 0.1) is 6.04 Å². The Balaban J connectivity index is 1.83. The first-order chi connectivity index (χ1) is 13.6. The van der Waals surface area contributed by atoms with Gasteiger partial charge in [-0.15, -0.1) is 0 Å². The molecule has 5 heteroatoms. The number of hydrogen-bond donors (Lipinski definition) is 1. The smallest absolute Gasteiger partial charge is 0.290 e. The lowest BCUT2D eigenvalue weighted by molar-refractivity contribution is -0.130. The number of aliphatic hydroxyl groups excluding tert-OH is 1. The SMILES string of the molecule is O=C1C(O)=C(c2ccccc2)[C@@H](c2ccccc2Br)N1Cc1ccc(F)cc1. The van der Waals surface area contributed by atoms with Crippen LogP contribution in [-0.4, -0.2) is 15.9 Å². The Bertz CT molecular complexity index is 1050. The number of rotatable bonds is 4. The minimum absolute atomic E-state index is 0.255. The molecule has 3 aromatic carbocycles. The summed E-state index contributed by atoms with van der Waals surface area (Å²) >= 11 is 3.58. The van der Waals surface area contributed by atoms with E-state index in [4.69, 9.17) is 0 Å². The summed E-state index contributed by atoms with van der Waals surface area (Å²) in [5.74, 6) is -1.03. The van der Waals surface area contributed by atoms with E-state index in [0.29, 0.717) is 5.57 Å². The van der Waals surface area contributed by atoms with Gasteiger partial charge in [0, 0.05) is 16.6 Å². The third-order valence-corrected chi connectivity index (χ3v) is 5.58. The summed E-state index contributed by atoms with van der Waals surface area (Å²) < 4.78 is 14.1. The fourth-order valence-corrected chi connectivity index (χ4v) is 4.04. The summed E-state index contributed by atoms with van der Waals surface area (Å²) in [6, 6.07) is 22.6. The Labute approximate surface area is 170 Å². The van der Waals surface area contributed by atoms with Crippen molar-refractivity contribution in [1.29, 1.82) is 0 Å². The van der Waals surface area contributed by atoms with Crippen LogP contribution in [-0.2, 0) is 11.3 Å². The molecule has 1 heterocycles. The van der Waals surface area contributed by atoms with Crippen molar-refractivity contribution in [1.82, 2.24) is 4.90 Å². The molecule has 28 heavy (non-hydrogen) atoms. The summed E-state index contributed by atoms with van der Waals surface area (Å²) in [6.45, 7) is 0.255. The van der Waals surface area contributed by atoms with Crippen LogP contribution in [0.5, 0.6) is 0 Å². The van der Waals surface area contributed by atoms with Crippen molar-refractivity contribution in [2.45, 2.75) is 12.6 Å². The molecular weight excluding hydrogens is 421 g/mol. The maximum absolute atomic E-state index is 13.3. The average molecular weight is 438 g/mol. The van der Waals surface area contributed by atoms with E-state index < -0.39 is 11.9 Å². The van der Waals surface area contributed by atoms with Crippen LogP contribution >= 0.6 is 15.9 Å². The lowest BCUT2D eigenvalue weighted by Gasteiger charge is -2.28. The van der Waals surface area contributed by atoms with E-state index in [0.717, 1.165) is 21.2 Å².